The first kappa shape index (κ1) is 6.33. The van der Waals surface area contributed by atoms with Crippen LogP contribution in [-0.2, 0) is 4.79 Å². The Balaban J connectivity index is 2.23. The lowest BCUT2D eigenvalue weighted by atomic mass is 10.2. The van der Waals surface area contributed by atoms with Crippen LogP contribution in [0.1, 0.15) is 6.42 Å². The number of allylic oxidation sites excluding steroid dienone is 1. The molecule has 1 unspecified atom stereocenters. The third-order valence-electron chi connectivity index (χ3n) is 1.82. The molecule has 5 heteroatoms. The van der Waals surface area contributed by atoms with Gasteiger partial charge in [-0.2, -0.15) is 0 Å². The summed E-state index contributed by atoms with van der Waals surface area (Å²) < 4.78 is 0. The van der Waals surface area contributed by atoms with E-state index >= 15 is 0 Å². The molecule has 0 saturated heterocycles. The van der Waals surface area contributed by atoms with Crippen molar-refractivity contribution in [3.63, 3.8) is 0 Å². The van der Waals surface area contributed by atoms with E-state index in [0.29, 0.717) is 6.42 Å². The molecule has 0 radical (unpaired) electrons. The number of carbonyl (C=O) groups is 1. The minimum atomic E-state index is 0.00694. The normalized spacial score (nSPS) is 28.1. The fraction of sp³-hybridized carbons (Fsp3) is 0.500. The molecule has 2 rings (SSSR count). The Bertz CT molecular complexity index is 247. The molecule has 11 heavy (non-hydrogen) atoms. The first-order chi connectivity index (χ1) is 5.27. The number of nitrogens with zero attached hydrogens (tertiary/aromatic N) is 4. The van der Waals surface area contributed by atoms with E-state index in [1.165, 1.54) is 6.08 Å². The third-order valence-corrected chi connectivity index (χ3v) is 1.82. The lowest BCUT2D eigenvalue weighted by Crippen LogP contribution is -2.37. The minimum absolute atomic E-state index is 0.00694. The van der Waals surface area contributed by atoms with Crippen molar-refractivity contribution in [1.29, 1.82) is 0 Å². The van der Waals surface area contributed by atoms with Crippen LogP contribution in [0.25, 0.3) is 0 Å². The van der Waals surface area contributed by atoms with E-state index in [0.717, 1.165) is 0 Å². The van der Waals surface area contributed by atoms with Gasteiger partial charge in [0.05, 0.1) is 6.42 Å². The van der Waals surface area contributed by atoms with Crippen LogP contribution in [0.4, 0.5) is 0 Å². The van der Waals surface area contributed by atoms with Crippen molar-refractivity contribution in [2.75, 3.05) is 7.05 Å². The molecule has 0 fully saturated rings. The Morgan fingerprint density at radius 3 is 3.27 bits per heavy atom. The first-order valence-corrected chi connectivity index (χ1v) is 3.41. The van der Waals surface area contributed by atoms with Crippen molar-refractivity contribution in [2.45, 2.75) is 12.6 Å². The molecule has 0 amide bonds. The summed E-state index contributed by atoms with van der Waals surface area (Å²) in [6.07, 6.45) is 3.66. The molecule has 58 valence electrons. The molecule has 0 saturated carbocycles. The zero-order valence-electron chi connectivity index (χ0n) is 6.14. The topological polar surface area (TPSA) is 48.3 Å². The highest BCUT2D eigenvalue weighted by Gasteiger charge is 2.29. The van der Waals surface area contributed by atoms with E-state index in [1.54, 1.807) is 23.3 Å². The highest BCUT2D eigenvalue weighted by Crippen LogP contribution is 2.21. The number of hydrogen-bond acceptors (Lipinski definition) is 5. The van der Waals surface area contributed by atoms with Crippen LogP contribution < -0.4 is 0 Å². The van der Waals surface area contributed by atoms with Gasteiger partial charge in [-0.05, 0) is 11.3 Å². The third kappa shape index (κ3) is 0.886. The summed E-state index contributed by atoms with van der Waals surface area (Å²) in [5.74, 6) is 0.130. The summed E-state index contributed by atoms with van der Waals surface area (Å²) in [5.41, 5.74) is 0. The zero-order valence-corrected chi connectivity index (χ0v) is 6.14. The fourth-order valence-corrected chi connectivity index (χ4v) is 1.16. The number of carbonyl (C=O) groups excluding carboxylic acids is 1. The van der Waals surface area contributed by atoms with Gasteiger partial charge >= 0.3 is 0 Å². The van der Waals surface area contributed by atoms with E-state index in [2.05, 4.69) is 10.4 Å². The van der Waals surface area contributed by atoms with Gasteiger partial charge in [-0.25, -0.2) is 5.01 Å². The Morgan fingerprint density at radius 1 is 1.64 bits per heavy atom. The van der Waals surface area contributed by atoms with Crippen LogP contribution >= 0.6 is 0 Å². The Kier molecular flexibility index (Phi) is 1.18. The predicted molar refractivity (Wildman–Crippen MR) is 37.0 cm³/mol. The first-order valence-electron chi connectivity index (χ1n) is 3.41. The molecule has 0 spiro atoms. The van der Waals surface area contributed by atoms with Crippen molar-refractivity contribution >= 4 is 5.78 Å². The molecular formula is C6H8N4O. The molecular weight excluding hydrogens is 144 g/mol. The molecule has 0 aromatic carbocycles. The van der Waals surface area contributed by atoms with Gasteiger partial charge in [-0.3, -0.25) is 9.80 Å². The second-order valence-electron chi connectivity index (χ2n) is 2.60. The average molecular weight is 152 g/mol. The summed E-state index contributed by atoms with van der Waals surface area (Å²) in [4.78, 5) is 10.9. The molecule has 2 aliphatic rings. The SMILES string of the molecule is CN1N=NN2C=CC(=O)CC12. The predicted octanol–water partition coefficient (Wildman–Crippen LogP) is 0.329. The number of ketones is 1. The van der Waals surface area contributed by atoms with E-state index < -0.39 is 0 Å². The van der Waals surface area contributed by atoms with Crippen LogP contribution in [-0.4, -0.2) is 29.0 Å². The molecule has 0 bridgehead atoms. The molecule has 0 N–H and O–H groups in total. The van der Waals surface area contributed by atoms with Crippen LogP contribution in [0.15, 0.2) is 22.7 Å². The van der Waals surface area contributed by atoms with Gasteiger partial charge in [0.1, 0.15) is 6.17 Å². The van der Waals surface area contributed by atoms with Gasteiger partial charge in [0, 0.05) is 13.2 Å². The largest absolute Gasteiger partial charge is 0.295 e. The molecule has 2 heterocycles. The monoisotopic (exact) mass is 152 g/mol. The standard InChI is InChI=1S/C6H8N4O/c1-9-6-4-5(11)2-3-10(6)8-7-9/h2-3,6H,4H2,1H3. The summed E-state index contributed by atoms with van der Waals surface area (Å²) in [7, 11) is 1.81. The molecule has 0 aromatic heterocycles. The van der Waals surface area contributed by atoms with Crippen molar-refractivity contribution in [1.82, 2.24) is 10.0 Å². The number of fused-ring (bicyclic) bond motifs is 1. The van der Waals surface area contributed by atoms with Crippen molar-refractivity contribution in [2.24, 2.45) is 10.4 Å². The average Bonchev–Trinajstić information content (AvgIpc) is 2.33. The highest BCUT2D eigenvalue weighted by molar-refractivity contribution is 5.90. The van der Waals surface area contributed by atoms with Gasteiger partial charge in [-0.15, -0.1) is 0 Å². The number of rotatable bonds is 0. The lowest BCUT2D eigenvalue weighted by Gasteiger charge is -2.24. The summed E-state index contributed by atoms with van der Waals surface area (Å²) >= 11 is 0. The zero-order chi connectivity index (χ0) is 7.84. The van der Waals surface area contributed by atoms with E-state index in [9.17, 15) is 4.79 Å². The van der Waals surface area contributed by atoms with Crippen LogP contribution in [0, 0.1) is 0 Å². The maximum Gasteiger partial charge on any atom is 0.161 e. The smallest absolute Gasteiger partial charge is 0.161 e. The quantitative estimate of drug-likeness (QED) is 0.502. The van der Waals surface area contributed by atoms with Crippen molar-refractivity contribution in [3.05, 3.63) is 12.3 Å². The molecule has 2 aliphatic heterocycles. The molecule has 1 atom stereocenters. The number of hydrogen-bond donors (Lipinski definition) is 0. The lowest BCUT2D eigenvalue weighted by molar-refractivity contribution is -0.117. The van der Waals surface area contributed by atoms with Crippen LogP contribution in [0.5, 0.6) is 0 Å². The maximum atomic E-state index is 10.9. The Hall–Kier alpha value is -1.39. The van der Waals surface area contributed by atoms with Gasteiger partial charge in [0.2, 0.25) is 0 Å². The van der Waals surface area contributed by atoms with Crippen molar-refractivity contribution < 1.29 is 4.79 Å². The Labute approximate surface area is 63.9 Å². The summed E-state index contributed by atoms with van der Waals surface area (Å²) in [6.45, 7) is 0. The van der Waals surface area contributed by atoms with E-state index in [4.69, 9.17) is 0 Å². The molecule has 0 aromatic rings. The second-order valence-corrected chi connectivity index (χ2v) is 2.60. The van der Waals surface area contributed by atoms with Gasteiger partial charge < -0.3 is 0 Å². The van der Waals surface area contributed by atoms with E-state index in [-0.39, 0.29) is 11.9 Å². The Morgan fingerprint density at radius 2 is 2.45 bits per heavy atom. The highest BCUT2D eigenvalue weighted by atomic mass is 16.1. The fourth-order valence-electron chi connectivity index (χ4n) is 1.16. The van der Waals surface area contributed by atoms with Crippen LogP contribution in [0.2, 0.25) is 0 Å². The van der Waals surface area contributed by atoms with Gasteiger partial charge in [0.15, 0.2) is 5.78 Å². The van der Waals surface area contributed by atoms with Gasteiger partial charge in [0.25, 0.3) is 0 Å². The van der Waals surface area contributed by atoms with E-state index in [1.807, 2.05) is 0 Å². The minimum Gasteiger partial charge on any atom is -0.295 e. The summed E-state index contributed by atoms with van der Waals surface area (Å²) in [6, 6.07) is 0. The van der Waals surface area contributed by atoms with Gasteiger partial charge in [-0.1, -0.05) is 5.22 Å². The second kappa shape index (κ2) is 2.05. The molecule has 5 nitrogen and oxygen atoms in total. The van der Waals surface area contributed by atoms with Crippen LogP contribution in [0.3, 0.4) is 0 Å². The van der Waals surface area contributed by atoms with Crippen molar-refractivity contribution in [3.8, 4) is 0 Å². The molecule has 0 aliphatic carbocycles. The summed E-state index contributed by atoms with van der Waals surface area (Å²) in [5, 5.41) is 11.0. The maximum absolute atomic E-state index is 10.9.